The lowest BCUT2D eigenvalue weighted by Crippen LogP contribution is -2.28. The van der Waals surface area contributed by atoms with E-state index in [9.17, 15) is 9.18 Å². The van der Waals surface area contributed by atoms with Gasteiger partial charge in [0.25, 0.3) is 5.91 Å². The minimum absolute atomic E-state index is 0.0778. The number of rotatable bonds is 8. The number of hydrogen-bond donors (Lipinski definition) is 0. The molecule has 0 spiro atoms. The van der Waals surface area contributed by atoms with E-state index in [1.807, 2.05) is 37.3 Å². The second-order valence-electron chi connectivity index (χ2n) is 7.54. The van der Waals surface area contributed by atoms with Gasteiger partial charge in [0.2, 0.25) is 0 Å². The first-order valence-corrected chi connectivity index (χ1v) is 11.8. The number of carbonyl (C=O) groups excluding carboxylic acids is 1. The molecule has 3 aromatic carbocycles. The van der Waals surface area contributed by atoms with E-state index in [-0.39, 0.29) is 18.3 Å². The zero-order valence-corrected chi connectivity index (χ0v) is 20.5. The quantitative estimate of drug-likeness (QED) is 0.359. The number of methoxy groups -OCH3 is 2. The molecule has 180 valence electrons. The summed E-state index contributed by atoms with van der Waals surface area (Å²) >= 11 is 1.32. The third-order valence-corrected chi connectivity index (χ3v) is 6.33. The molecule has 0 aliphatic carbocycles. The van der Waals surface area contributed by atoms with E-state index in [4.69, 9.17) is 14.2 Å². The monoisotopic (exact) mass is 492 g/mol. The smallest absolute Gasteiger partial charge is 0.266 e. The van der Waals surface area contributed by atoms with Gasteiger partial charge in [0.15, 0.2) is 16.7 Å². The van der Waals surface area contributed by atoms with Crippen molar-refractivity contribution in [3.63, 3.8) is 0 Å². The fourth-order valence-corrected chi connectivity index (χ4v) is 4.52. The van der Waals surface area contributed by atoms with Gasteiger partial charge in [-0.25, -0.2) is 9.38 Å². The molecule has 4 rings (SSSR count). The number of hydrogen-bond acceptors (Lipinski definition) is 6. The number of nitrogens with zero attached hydrogens (tertiary/aromatic N) is 2. The van der Waals surface area contributed by atoms with E-state index in [2.05, 4.69) is 4.99 Å². The Balaban J connectivity index is 1.54. The van der Waals surface area contributed by atoms with E-state index >= 15 is 0 Å². The van der Waals surface area contributed by atoms with Crippen LogP contribution in [0, 0.1) is 5.82 Å². The summed E-state index contributed by atoms with van der Waals surface area (Å²) in [5.74, 6) is 1.29. The summed E-state index contributed by atoms with van der Waals surface area (Å²) in [7, 11) is 3.15. The van der Waals surface area contributed by atoms with Crippen molar-refractivity contribution in [3.05, 3.63) is 88.6 Å². The lowest BCUT2D eigenvalue weighted by Gasteiger charge is -2.12. The molecule has 8 heteroatoms. The van der Waals surface area contributed by atoms with E-state index in [0.717, 1.165) is 17.0 Å². The maximum absolute atomic E-state index is 13.9. The van der Waals surface area contributed by atoms with Crippen LogP contribution < -0.4 is 14.2 Å². The molecule has 1 saturated heterocycles. The normalized spacial score (nSPS) is 15.7. The van der Waals surface area contributed by atoms with Gasteiger partial charge in [0.1, 0.15) is 18.2 Å². The summed E-state index contributed by atoms with van der Waals surface area (Å²) in [6, 6.07) is 19.2. The highest BCUT2D eigenvalue weighted by Gasteiger charge is 2.32. The molecule has 0 atom stereocenters. The van der Waals surface area contributed by atoms with Crippen molar-refractivity contribution >= 4 is 34.6 Å². The first-order chi connectivity index (χ1) is 17.0. The van der Waals surface area contributed by atoms with E-state index in [1.54, 1.807) is 48.4 Å². The Kier molecular flexibility index (Phi) is 7.72. The highest BCUT2D eigenvalue weighted by atomic mass is 32.2. The first kappa shape index (κ1) is 24.3. The van der Waals surface area contributed by atoms with Crippen molar-refractivity contribution in [1.82, 2.24) is 4.90 Å². The average Bonchev–Trinajstić information content (AvgIpc) is 3.17. The lowest BCUT2D eigenvalue weighted by molar-refractivity contribution is -0.122. The fourth-order valence-electron chi connectivity index (χ4n) is 3.45. The standard InChI is InChI=1S/C27H25FN2O4S/c1-4-30-26(31)25(35-27(30)29-20-10-12-21(32-2)13-11-20)16-18-9-14-23(24(15-18)33-3)34-17-19-7-5-6-8-22(19)28/h5-16H,4,17H2,1-3H3/b25-16+,29-27?. The maximum atomic E-state index is 13.9. The minimum Gasteiger partial charge on any atom is -0.497 e. The fraction of sp³-hybridized carbons (Fsp3) is 0.185. The number of likely N-dealkylation sites (N-methyl/N-ethyl adjacent to an activating group) is 1. The zero-order chi connectivity index (χ0) is 24.8. The number of amidine groups is 1. The molecule has 0 radical (unpaired) electrons. The van der Waals surface area contributed by atoms with Gasteiger partial charge in [-0.1, -0.05) is 24.3 Å². The molecule has 0 unspecified atom stereocenters. The second-order valence-corrected chi connectivity index (χ2v) is 8.55. The Morgan fingerprint density at radius 1 is 1.00 bits per heavy atom. The van der Waals surface area contributed by atoms with Crippen LogP contribution in [0.1, 0.15) is 18.1 Å². The van der Waals surface area contributed by atoms with Gasteiger partial charge in [0.05, 0.1) is 24.8 Å². The van der Waals surface area contributed by atoms with E-state index in [0.29, 0.717) is 33.7 Å². The van der Waals surface area contributed by atoms with E-state index in [1.165, 1.54) is 24.9 Å². The van der Waals surface area contributed by atoms with Gasteiger partial charge < -0.3 is 14.2 Å². The summed E-state index contributed by atoms with van der Waals surface area (Å²) in [6.45, 7) is 2.49. The molecular formula is C27H25FN2O4S. The molecule has 35 heavy (non-hydrogen) atoms. The summed E-state index contributed by atoms with van der Waals surface area (Å²) in [5.41, 5.74) is 1.97. The van der Waals surface area contributed by atoms with Gasteiger partial charge in [0, 0.05) is 12.1 Å². The van der Waals surface area contributed by atoms with Gasteiger partial charge in [-0.05, 0) is 72.8 Å². The van der Waals surface area contributed by atoms with Crippen molar-refractivity contribution in [2.24, 2.45) is 4.99 Å². The molecule has 1 aliphatic heterocycles. The number of halogens is 1. The minimum atomic E-state index is -0.322. The summed E-state index contributed by atoms with van der Waals surface area (Å²) < 4.78 is 30.3. The Morgan fingerprint density at radius 3 is 2.46 bits per heavy atom. The predicted molar refractivity (Wildman–Crippen MR) is 137 cm³/mol. The predicted octanol–water partition coefficient (Wildman–Crippen LogP) is 6.05. The number of carbonyl (C=O) groups is 1. The van der Waals surface area contributed by atoms with Crippen LogP contribution in [0.25, 0.3) is 6.08 Å². The van der Waals surface area contributed by atoms with Crippen LogP contribution in [0.4, 0.5) is 10.1 Å². The number of amides is 1. The second kappa shape index (κ2) is 11.1. The third kappa shape index (κ3) is 5.66. The molecule has 0 saturated carbocycles. The summed E-state index contributed by atoms with van der Waals surface area (Å²) in [4.78, 5) is 19.8. The van der Waals surface area contributed by atoms with Crippen molar-refractivity contribution in [2.45, 2.75) is 13.5 Å². The average molecular weight is 493 g/mol. The van der Waals surface area contributed by atoms with Crippen LogP contribution in [-0.4, -0.2) is 36.7 Å². The van der Waals surface area contributed by atoms with Gasteiger partial charge >= 0.3 is 0 Å². The van der Waals surface area contributed by atoms with Crippen LogP contribution in [0.5, 0.6) is 17.2 Å². The summed E-state index contributed by atoms with van der Waals surface area (Å²) in [6.07, 6.45) is 1.80. The molecule has 3 aromatic rings. The van der Waals surface area contributed by atoms with Gasteiger partial charge in [-0.2, -0.15) is 0 Å². The number of ether oxygens (including phenoxy) is 3. The molecule has 1 fully saturated rings. The lowest BCUT2D eigenvalue weighted by atomic mass is 10.1. The largest absolute Gasteiger partial charge is 0.497 e. The molecule has 0 bridgehead atoms. The highest BCUT2D eigenvalue weighted by molar-refractivity contribution is 8.18. The molecular weight excluding hydrogens is 467 g/mol. The van der Waals surface area contributed by atoms with Crippen LogP contribution >= 0.6 is 11.8 Å². The Labute approximate surface area is 208 Å². The van der Waals surface area contributed by atoms with Crippen molar-refractivity contribution in [3.8, 4) is 17.2 Å². The number of thioether (sulfide) groups is 1. The highest BCUT2D eigenvalue weighted by Crippen LogP contribution is 2.36. The Morgan fingerprint density at radius 2 is 1.77 bits per heavy atom. The summed E-state index contributed by atoms with van der Waals surface area (Å²) in [5, 5.41) is 0.616. The van der Waals surface area contributed by atoms with Crippen LogP contribution in [0.2, 0.25) is 0 Å². The van der Waals surface area contributed by atoms with Crippen molar-refractivity contribution in [1.29, 1.82) is 0 Å². The Bertz CT molecular complexity index is 1270. The zero-order valence-electron chi connectivity index (χ0n) is 19.7. The van der Waals surface area contributed by atoms with E-state index < -0.39 is 0 Å². The van der Waals surface area contributed by atoms with Crippen LogP contribution in [0.15, 0.2) is 76.6 Å². The van der Waals surface area contributed by atoms with Crippen molar-refractivity contribution in [2.75, 3.05) is 20.8 Å². The molecule has 1 heterocycles. The van der Waals surface area contributed by atoms with Gasteiger partial charge in [-0.15, -0.1) is 0 Å². The third-order valence-electron chi connectivity index (χ3n) is 5.33. The topological polar surface area (TPSA) is 60.4 Å². The SMILES string of the molecule is CCN1C(=O)/C(=C\c2ccc(OCc3ccccc3F)c(OC)c2)SC1=Nc1ccc(OC)cc1. The molecule has 1 aliphatic rings. The maximum Gasteiger partial charge on any atom is 0.266 e. The number of aliphatic imine (C=N–C) groups is 1. The molecule has 1 amide bonds. The molecule has 0 aromatic heterocycles. The number of benzene rings is 3. The first-order valence-electron chi connectivity index (χ1n) is 11.0. The van der Waals surface area contributed by atoms with Crippen molar-refractivity contribution < 1.29 is 23.4 Å². The van der Waals surface area contributed by atoms with Gasteiger partial charge in [-0.3, -0.25) is 9.69 Å². The van der Waals surface area contributed by atoms with Crippen LogP contribution in [-0.2, 0) is 11.4 Å². The molecule has 0 N–H and O–H groups in total. The Hall–Kier alpha value is -3.78. The molecule has 6 nitrogen and oxygen atoms in total. The van der Waals surface area contributed by atoms with Crippen LogP contribution in [0.3, 0.4) is 0 Å².